The van der Waals surface area contributed by atoms with Gasteiger partial charge in [-0.15, -0.1) is 0 Å². The first-order valence-corrected chi connectivity index (χ1v) is 6.58. The van der Waals surface area contributed by atoms with Gasteiger partial charge in [-0.3, -0.25) is 4.79 Å². The predicted octanol–water partition coefficient (Wildman–Crippen LogP) is 3.10. The van der Waals surface area contributed by atoms with Crippen molar-refractivity contribution in [2.24, 2.45) is 0 Å². The van der Waals surface area contributed by atoms with Gasteiger partial charge in [0, 0.05) is 0 Å². The van der Waals surface area contributed by atoms with Crippen molar-refractivity contribution in [1.29, 1.82) is 0 Å². The van der Waals surface area contributed by atoms with Crippen molar-refractivity contribution >= 4 is 5.97 Å². The fourth-order valence-electron chi connectivity index (χ4n) is 1.82. The molecule has 5 nitrogen and oxygen atoms in total. The fourth-order valence-corrected chi connectivity index (χ4v) is 1.82. The number of esters is 1. The zero-order valence-electron chi connectivity index (χ0n) is 12.4. The van der Waals surface area contributed by atoms with Crippen molar-refractivity contribution < 1.29 is 18.4 Å². The molecule has 1 unspecified atom stereocenters. The maximum Gasteiger partial charge on any atom is 0.316 e. The van der Waals surface area contributed by atoms with E-state index in [1.54, 1.807) is 39.8 Å². The molecule has 0 amide bonds. The van der Waals surface area contributed by atoms with E-state index in [2.05, 4.69) is 10.1 Å². The van der Waals surface area contributed by atoms with Crippen LogP contribution in [-0.2, 0) is 14.9 Å². The van der Waals surface area contributed by atoms with E-state index in [4.69, 9.17) is 9.26 Å². The molecule has 1 aromatic heterocycles. The number of ether oxygens (including phenoxy) is 1. The maximum atomic E-state index is 13.0. The van der Waals surface area contributed by atoms with Crippen molar-refractivity contribution in [3.05, 3.63) is 47.4 Å². The number of halogens is 1. The summed E-state index contributed by atoms with van der Waals surface area (Å²) in [6, 6.07) is 5.76. The van der Waals surface area contributed by atoms with E-state index < -0.39 is 17.5 Å². The second-order valence-corrected chi connectivity index (χ2v) is 5.36. The highest BCUT2D eigenvalue weighted by Crippen LogP contribution is 2.27. The number of hydrogen-bond donors (Lipinski definition) is 0. The Morgan fingerprint density at radius 2 is 1.95 bits per heavy atom. The van der Waals surface area contributed by atoms with Crippen LogP contribution in [0.4, 0.5) is 4.39 Å². The third-order valence-electron chi connectivity index (χ3n) is 3.25. The van der Waals surface area contributed by atoms with Crippen LogP contribution in [0.5, 0.6) is 0 Å². The van der Waals surface area contributed by atoms with Gasteiger partial charge in [-0.1, -0.05) is 17.3 Å². The number of aromatic nitrogens is 2. The highest BCUT2D eigenvalue weighted by atomic mass is 19.1. The van der Waals surface area contributed by atoms with Crippen LogP contribution in [0.25, 0.3) is 0 Å². The molecule has 1 atom stereocenters. The van der Waals surface area contributed by atoms with Gasteiger partial charge in [-0.05, 0) is 45.4 Å². The van der Waals surface area contributed by atoms with E-state index >= 15 is 0 Å². The molecule has 1 aromatic carbocycles. The lowest BCUT2D eigenvalue weighted by atomic mass is 9.85. The number of benzene rings is 1. The summed E-state index contributed by atoms with van der Waals surface area (Å²) < 4.78 is 23.3. The molecule has 112 valence electrons. The number of rotatable bonds is 4. The summed E-state index contributed by atoms with van der Waals surface area (Å²) in [6.45, 7) is 6.78. The second-order valence-electron chi connectivity index (χ2n) is 5.36. The molecule has 0 aliphatic heterocycles. The van der Waals surface area contributed by atoms with Crippen LogP contribution in [0, 0.1) is 12.7 Å². The van der Waals surface area contributed by atoms with Gasteiger partial charge in [0.05, 0.1) is 5.41 Å². The minimum absolute atomic E-state index is 0.246. The summed E-state index contributed by atoms with van der Waals surface area (Å²) >= 11 is 0. The number of aryl methyl sites for hydroxylation is 1. The first-order chi connectivity index (χ1) is 9.80. The Kier molecular flexibility index (Phi) is 4.06. The van der Waals surface area contributed by atoms with Crippen molar-refractivity contribution in [2.45, 2.75) is 39.2 Å². The number of carbonyl (C=O) groups excluding carboxylic acids is 1. The zero-order valence-corrected chi connectivity index (χ0v) is 12.4. The lowest BCUT2D eigenvalue weighted by Crippen LogP contribution is -2.31. The van der Waals surface area contributed by atoms with Crippen molar-refractivity contribution in [3.63, 3.8) is 0 Å². The molecule has 0 spiro atoms. The summed E-state index contributed by atoms with van der Waals surface area (Å²) in [5.74, 6) is -0.0727. The minimum Gasteiger partial charge on any atom is -0.452 e. The third kappa shape index (κ3) is 3.26. The predicted molar refractivity (Wildman–Crippen MR) is 73.0 cm³/mol. The Bertz CT molecular complexity index is 635. The van der Waals surface area contributed by atoms with Crippen LogP contribution >= 0.6 is 0 Å². The van der Waals surface area contributed by atoms with E-state index in [1.807, 2.05) is 0 Å². The van der Waals surface area contributed by atoms with Crippen LogP contribution in [0.2, 0.25) is 0 Å². The summed E-state index contributed by atoms with van der Waals surface area (Å²) in [5.41, 5.74) is -0.236. The van der Waals surface area contributed by atoms with E-state index in [0.717, 1.165) is 0 Å². The lowest BCUT2D eigenvalue weighted by Gasteiger charge is -2.24. The standard InChI is InChI=1S/C15H17FN2O3/c1-9(13-17-10(2)18-21-13)20-14(19)15(3,4)11-5-7-12(16)8-6-11/h5-9H,1-4H3. The summed E-state index contributed by atoms with van der Waals surface area (Å²) in [7, 11) is 0. The van der Waals surface area contributed by atoms with Crippen LogP contribution in [0.15, 0.2) is 28.8 Å². The number of nitrogens with zero attached hydrogens (tertiary/aromatic N) is 2. The fraction of sp³-hybridized carbons (Fsp3) is 0.400. The monoisotopic (exact) mass is 292 g/mol. The van der Waals surface area contributed by atoms with E-state index in [1.165, 1.54) is 12.1 Å². The smallest absolute Gasteiger partial charge is 0.316 e. The van der Waals surface area contributed by atoms with Gasteiger partial charge >= 0.3 is 5.97 Å². The average Bonchev–Trinajstić information content (AvgIpc) is 2.86. The van der Waals surface area contributed by atoms with Gasteiger partial charge < -0.3 is 9.26 Å². The molecule has 0 radical (unpaired) electrons. The molecule has 0 saturated heterocycles. The Hall–Kier alpha value is -2.24. The third-order valence-corrected chi connectivity index (χ3v) is 3.25. The molecular formula is C15H17FN2O3. The first-order valence-electron chi connectivity index (χ1n) is 6.58. The Morgan fingerprint density at radius 1 is 1.33 bits per heavy atom. The largest absolute Gasteiger partial charge is 0.452 e. The Balaban J connectivity index is 2.13. The number of hydrogen-bond acceptors (Lipinski definition) is 5. The van der Waals surface area contributed by atoms with Gasteiger partial charge in [0.15, 0.2) is 11.9 Å². The summed E-state index contributed by atoms with van der Waals surface area (Å²) in [5, 5.41) is 3.66. The minimum atomic E-state index is -0.906. The molecule has 6 heteroatoms. The molecule has 0 aliphatic rings. The molecule has 0 bridgehead atoms. The van der Waals surface area contributed by atoms with Gasteiger partial charge in [0.25, 0.3) is 5.89 Å². The highest BCUT2D eigenvalue weighted by molar-refractivity contribution is 5.82. The van der Waals surface area contributed by atoms with Crippen molar-refractivity contribution in [1.82, 2.24) is 10.1 Å². The van der Waals surface area contributed by atoms with Crippen molar-refractivity contribution in [2.75, 3.05) is 0 Å². The normalized spacial score (nSPS) is 13.0. The Morgan fingerprint density at radius 3 is 2.48 bits per heavy atom. The van der Waals surface area contributed by atoms with Gasteiger partial charge in [0.1, 0.15) is 5.82 Å². The highest BCUT2D eigenvalue weighted by Gasteiger charge is 2.33. The van der Waals surface area contributed by atoms with Crippen LogP contribution in [-0.4, -0.2) is 16.1 Å². The number of carbonyl (C=O) groups is 1. The van der Waals surface area contributed by atoms with Gasteiger partial charge in [-0.2, -0.15) is 4.98 Å². The van der Waals surface area contributed by atoms with E-state index in [-0.39, 0.29) is 11.7 Å². The summed E-state index contributed by atoms with van der Waals surface area (Å²) in [6.07, 6.45) is -0.640. The molecule has 0 fully saturated rings. The first kappa shape index (κ1) is 15.2. The van der Waals surface area contributed by atoms with Crippen LogP contribution in [0.3, 0.4) is 0 Å². The molecule has 0 aliphatic carbocycles. The van der Waals surface area contributed by atoms with E-state index in [0.29, 0.717) is 11.4 Å². The van der Waals surface area contributed by atoms with Gasteiger partial charge in [0.2, 0.25) is 0 Å². The molecule has 21 heavy (non-hydrogen) atoms. The summed E-state index contributed by atoms with van der Waals surface area (Å²) in [4.78, 5) is 16.4. The lowest BCUT2D eigenvalue weighted by molar-refractivity contribution is -0.155. The SMILES string of the molecule is Cc1noc(C(C)OC(=O)C(C)(C)c2ccc(F)cc2)n1. The Labute approximate surface area is 122 Å². The topological polar surface area (TPSA) is 65.2 Å². The van der Waals surface area contributed by atoms with Crippen LogP contribution in [0.1, 0.15) is 44.2 Å². The average molecular weight is 292 g/mol. The van der Waals surface area contributed by atoms with Crippen molar-refractivity contribution in [3.8, 4) is 0 Å². The molecule has 0 saturated carbocycles. The molecule has 2 aromatic rings. The molecular weight excluding hydrogens is 275 g/mol. The van der Waals surface area contributed by atoms with Crippen LogP contribution < -0.4 is 0 Å². The molecule has 1 heterocycles. The van der Waals surface area contributed by atoms with Gasteiger partial charge in [-0.25, -0.2) is 4.39 Å². The van der Waals surface area contributed by atoms with E-state index in [9.17, 15) is 9.18 Å². The molecule has 2 rings (SSSR count). The molecule has 0 N–H and O–H groups in total. The second kappa shape index (κ2) is 5.63. The maximum absolute atomic E-state index is 13.0. The zero-order chi connectivity index (χ0) is 15.6. The quantitative estimate of drug-likeness (QED) is 0.810.